The number of carbonyl (C=O) groups is 3. The molecule has 0 aliphatic carbocycles. The van der Waals surface area contributed by atoms with Gasteiger partial charge in [-0.2, -0.15) is 0 Å². The van der Waals surface area contributed by atoms with Crippen molar-refractivity contribution in [3.8, 4) is 0 Å². The number of aliphatic carboxylic acids is 1. The molecule has 7 heteroatoms. The maximum absolute atomic E-state index is 13.8. The van der Waals surface area contributed by atoms with Gasteiger partial charge in [-0.3, -0.25) is 9.59 Å². The zero-order valence-corrected chi connectivity index (χ0v) is 12.7. The van der Waals surface area contributed by atoms with Gasteiger partial charge in [0, 0.05) is 19.5 Å². The number of hydrogen-bond donors (Lipinski definition) is 3. The molecule has 2 amide bonds. The molecule has 1 rings (SSSR count). The van der Waals surface area contributed by atoms with Crippen LogP contribution in [0.25, 0.3) is 0 Å². The van der Waals surface area contributed by atoms with Crippen molar-refractivity contribution in [2.75, 3.05) is 5.32 Å². The van der Waals surface area contributed by atoms with E-state index >= 15 is 0 Å². The average Bonchev–Trinajstić information content (AvgIpc) is 2.38. The molecule has 0 saturated carbocycles. The number of carbonyl (C=O) groups excluding carboxylic acids is 2. The van der Waals surface area contributed by atoms with Crippen molar-refractivity contribution in [3.05, 3.63) is 29.1 Å². The van der Waals surface area contributed by atoms with E-state index in [9.17, 15) is 18.8 Å². The van der Waals surface area contributed by atoms with Gasteiger partial charge in [0.25, 0.3) is 0 Å². The number of amides is 2. The topological polar surface area (TPSA) is 95.5 Å². The lowest BCUT2D eigenvalue weighted by Gasteiger charge is -2.15. The Kier molecular flexibility index (Phi) is 6.03. The molecule has 1 aromatic carbocycles. The maximum atomic E-state index is 13.8. The molecule has 1 unspecified atom stereocenters. The van der Waals surface area contributed by atoms with E-state index in [1.807, 2.05) is 0 Å². The molecular weight excluding hydrogens is 291 g/mol. The number of halogens is 1. The number of carboxylic acid groups (broad SMARTS) is 1. The second-order valence-corrected chi connectivity index (χ2v) is 5.05. The van der Waals surface area contributed by atoms with E-state index in [0.717, 1.165) is 0 Å². The fourth-order valence-corrected chi connectivity index (χ4v) is 2.07. The monoisotopic (exact) mass is 310 g/mol. The van der Waals surface area contributed by atoms with Crippen molar-refractivity contribution in [3.63, 3.8) is 0 Å². The van der Waals surface area contributed by atoms with Crippen molar-refractivity contribution in [1.29, 1.82) is 0 Å². The summed E-state index contributed by atoms with van der Waals surface area (Å²) >= 11 is 0. The Morgan fingerprint density at radius 3 is 2.36 bits per heavy atom. The van der Waals surface area contributed by atoms with Crippen molar-refractivity contribution in [2.24, 2.45) is 0 Å². The molecule has 1 atom stereocenters. The van der Waals surface area contributed by atoms with Gasteiger partial charge in [-0.25, -0.2) is 9.18 Å². The van der Waals surface area contributed by atoms with Gasteiger partial charge in [0.2, 0.25) is 11.8 Å². The van der Waals surface area contributed by atoms with Crippen LogP contribution in [0.15, 0.2) is 12.1 Å². The number of hydrogen-bond acceptors (Lipinski definition) is 3. The van der Waals surface area contributed by atoms with E-state index in [4.69, 9.17) is 5.11 Å². The highest BCUT2D eigenvalue weighted by Crippen LogP contribution is 2.21. The van der Waals surface area contributed by atoms with E-state index in [0.29, 0.717) is 16.8 Å². The minimum atomic E-state index is -1.15. The Bertz CT molecular complexity index is 601. The summed E-state index contributed by atoms with van der Waals surface area (Å²) in [6.45, 7) is 4.13. The predicted octanol–water partition coefficient (Wildman–Crippen LogP) is 1.61. The third-order valence-electron chi connectivity index (χ3n) is 3.15. The van der Waals surface area contributed by atoms with Gasteiger partial charge in [0.15, 0.2) is 0 Å². The standard InChI is InChI=1S/C15H19FN2O4/c1-8-11(4-5-14(15(21)22)18-10(3)20)6-12(7-13(8)16)17-9(2)19/h6-7,14H,4-5H2,1-3H3,(H,17,19)(H,18,20)(H,21,22). The zero-order valence-electron chi connectivity index (χ0n) is 12.7. The van der Waals surface area contributed by atoms with Crippen LogP contribution >= 0.6 is 0 Å². The number of anilines is 1. The predicted molar refractivity (Wildman–Crippen MR) is 79.0 cm³/mol. The largest absolute Gasteiger partial charge is 0.480 e. The molecule has 0 saturated heterocycles. The van der Waals surface area contributed by atoms with E-state index in [-0.39, 0.29) is 18.7 Å². The Hall–Kier alpha value is -2.44. The SMILES string of the molecule is CC(=O)Nc1cc(F)c(C)c(CCC(NC(C)=O)C(=O)O)c1. The van der Waals surface area contributed by atoms with Gasteiger partial charge in [-0.15, -0.1) is 0 Å². The van der Waals surface area contributed by atoms with Crippen molar-refractivity contribution >= 4 is 23.5 Å². The summed E-state index contributed by atoms with van der Waals surface area (Å²) in [5.74, 6) is -2.39. The van der Waals surface area contributed by atoms with Gasteiger partial charge >= 0.3 is 5.97 Å². The summed E-state index contributed by atoms with van der Waals surface area (Å²) in [5, 5.41) is 13.9. The van der Waals surface area contributed by atoms with Crippen LogP contribution in [0.2, 0.25) is 0 Å². The minimum Gasteiger partial charge on any atom is -0.480 e. The second kappa shape index (κ2) is 7.53. The number of rotatable bonds is 6. The van der Waals surface area contributed by atoms with Crippen LogP contribution in [-0.2, 0) is 20.8 Å². The van der Waals surface area contributed by atoms with Crippen LogP contribution in [0, 0.1) is 12.7 Å². The van der Waals surface area contributed by atoms with E-state index in [2.05, 4.69) is 10.6 Å². The molecular formula is C15H19FN2O4. The molecule has 0 radical (unpaired) electrons. The molecule has 120 valence electrons. The summed E-state index contributed by atoms with van der Waals surface area (Å²) in [6.07, 6.45) is 0.381. The minimum absolute atomic E-state index is 0.124. The lowest BCUT2D eigenvalue weighted by molar-refractivity contribution is -0.141. The molecule has 6 nitrogen and oxygen atoms in total. The molecule has 0 aromatic heterocycles. The molecule has 3 N–H and O–H groups in total. The molecule has 0 fully saturated rings. The van der Waals surface area contributed by atoms with Crippen LogP contribution in [0.5, 0.6) is 0 Å². The molecule has 0 aliphatic heterocycles. The first kappa shape index (κ1) is 17.6. The Balaban J connectivity index is 2.91. The van der Waals surface area contributed by atoms with Gasteiger partial charge in [-0.05, 0) is 43.0 Å². The van der Waals surface area contributed by atoms with Crippen molar-refractivity contribution < 1.29 is 23.9 Å². The zero-order chi connectivity index (χ0) is 16.9. The molecule has 22 heavy (non-hydrogen) atoms. The second-order valence-electron chi connectivity index (χ2n) is 5.05. The number of benzene rings is 1. The normalized spacial score (nSPS) is 11.6. The molecule has 0 spiro atoms. The summed E-state index contributed by atoms with van der Waals surface area (Å²) in [6, 6.07) is 1.78. The highest BCUT2D eigenvalue weighted by atomic mass is 19.1. The average molecular weight is 310 g/mol. The Labute approximate surface area is 127 Å². The number of carboxylic acids is 1. The van der Waals surface area contributed by atoms with Crippen LogP contribution in [0.4, 0.5) is 10.1 Å². The lowest BCUT2D eigenvalue weighted by atomic mass is 9.99. The van der Waals surface area contributed by atoms with Gasteiger partial charge in [0.05, 0.1) is 0 Å². The molecule has 1 aromatic rings. The third kappa shape index (κ3) is 5.16. The fourth-order valence-electron chi connectivity index (χ4n) is 2.07. The Morgan fingerprint density at radius 2 is 1.86 bits per heavy atom. The summed E-state index contributed by atoms with van der Waals surface area (Å²) < 4.78 is 13.8. The first-order chi connectivity index (χ1) is 10.2. The number of nitrogens with one attached hydrogen (secondary N) is 2. The molecule has 0 bridgehead atoms. The van der Waals surface area contributed by atoms with Gasteiger partial charge < -0.3 is 15.7 Å². The van der Waals surface area contributed by atoms with Crippen LogP contribution < -0.4 is 10.6 Å². The van der Waals surface area contributed by atoms with Crippen LogP contribution in [-0.4, -0.2) is 28.9 Å². The molecule has 0 aliphatic rings. The molecule has 0 heterocycles. The van der Waals surface area contributed by atoms with Crippen molar-refractivity contribution in [2.45, 2.75) is 39.7 Å². The Morgan fingerprint density at radius 1 is 1.23 bits per heavy atom. The van der Waals surface area contributed by atoms with E-state index in [1.165, 1.54) is 19.9 Å². The first-order valence-electron chi connectivity index (χ1n) is 6.77. The van der Waals surface area contributed by atoms with Crippen molar-refractivity contribution in [1.82, 2.24) is 5.32 Å². The number of aryl methyl sites for hydroxylation is 1. The smallest absolute Gasteiger partial charge is 0.326 e. The first-order valence-corrected chi connectivity index (χ1v) is 6.77. The maximum Gasteiger partial charge on any atom is 0.326 e. The highest BCUT2D eigenvalue weighted by Gasteiger charge is 2.19. The van der Waals surface area contributed by atoms with Crippen LogP contribution in [0.1, 0.15) is 31.4 Å². The summed E-state index contributed by atoms with van der Waals surface area (Å²) in [4.78, 5) is 33.1. The quantitative estimate of drug-likeness (QED) is 0.744. The van der Waals surface area contributed by atoms with Gasteiger partial charge in [-0.1, -0.05) is 0 Å². The van der Waals surface area contributed by atoms with Gasteiger partial charge in [0.1, 0.15) is 11.9 Å². The third-order valence-corrected chi connectivity index (χ3v) is 3.15. The highest BCUT2D eigenvalue weighted by molar-refractivity contribution is 5.88. The summed E-state index contributed by atoms with van der Waals surface area (Å²) in [5.41, 5.74) is 1.29. The van der Waals surface area contributed by atoms with E-state index < -0.39 is 23.7 Å². The van der Waals surface area contributed by atoms with Crippen LogP contribution in [0.3, 0.4) is 0 Å². The summed E-state index contributed by atoms with van der Waals surface area (Å²) in [7, 11) is 0. The lowest BCUT2D eigenvalue weighted by Crippen LogP contribution is -2.39. The fraction of sp³-hybridized carbons (Fsp3) is 0.400. The van der Waals surface area contributed by atoms with E-state index in [1.54, 1.807) is 13.0 Å².